The average Bonchev–Trinajstić information content (AvgIpc) is 3.84. The monoisotopic (exact) mass is 952 g/mol. The molecule has 2 aliphatic rings. The molecule has 0 unspecified atom stereocenters. The minimum absolute atomic E-state index is 0.0518. The summed E-state index contributed by atoms with van der Waals surface area (Å²) in [5.41, 5.74) is 10.6. The van der Waals surface area contributed by atoms with Crippen molar-refractivity contribution in [2.45, 2.75) is 113 Å². The molecule has 8 rings (SSSR count). The summed E-state index contributed by atoms with van der Waals surface area (Å²) >= 11 is 0. The molecule has 5 N–H and O–H groups in total. The van der Waals surface area contributed by atoms with Crippen molar-refractivity contribution >= 4 is 52.9 Å². The summed E-state index contributed by atoms with van der Waals surface area (Å²) in [6, 6.07) is 18.3. The molecular formula is C46H55ClF2N8O6S2. The highest BCUT2D eigenvalue weighted by Gasteiger charge is 2.30. The van der Waals surface area contributed by atoms with Crippen molar-refractivity contribution < 1.29 is 35.2 Å². The predicted molar refractivity (Wildman–Crippen MR) is 245 cm³/mol. The van der Waals surface area contributed by atoms with Crippen molar-refractivity contribution in [3.63, 3.8) is 0 Å². The number of nitrogens with zero attached hydrogens (tertiary/aromatic N) is 4. The van der Waals surface area contributed by atoms with Crippen molar-refractivity contribution in [3.8, 4) is 0 Å². The molecular weight excluding hydrogens is 898 g/mol. The number of benzene rings is 2. The van der Waals surface area contributed by atoms with Gasteiger partial charge in [0.15, 0.2) is 0 Å². The molecule has 2 saturated carbocycles. The van der Waals surface area contributed by atoms with Crippen LogP contribution in [0.15, 0.2) is 107 Å². The van der Waals surface area contributed by atoms with Gasteiger partial charge in [-0.1, -0.05) is 24.3 Å². The summed E-state index contributed by atoms with van der Waals surface area (Å²) in [6.45, 7) is 7.47. The van der Waals surface area contributed by atoms with Crippen molar-refractivity contribution in [1.29, 1.82) is 0 Å². The molecule has 19 heteroatoms. The third-order valence-corrected chi connectivity index (χ3v) is 14.5. The molecule has 0 radical (unpaired) electrons. The largest absolute Gasteiger partial charge is 0.349 e. The van der Waals surface area contributed by atoms with Gasteiger partial charge in [-0.25, -0.2) is 40.3 Å². The number of sulfonamides is 1. The van der Waals surface area contributed by atoms with E-state index in [1.165, 1.54) is 36.5 Å². The fourth-order valence-corrected chi connectivity index (χ4v) is 10.0. The van der Waals surface area contributed by atoms with Gasteiger partial charge in [-0.2, -0.15) is 0 Å². The fraction of sp³-hybridized carbons (Fsp3) is 0.391. The van der Waals surface area contributed by atoms with Crippen LogP contribution in [0.3, 0.4) is 0 Å². The molecule has 2 amide bonds. The smallest absolute Gasteiger partial charge is 0.262 e. The molecule has 2 aliphatic carbocycles. The van der Waals surface area contributed by atoms with Crippen LogP contribution in [0.25, 0.3) is 11.3 Å². The topological polar surface area (TPSA) is 199 Å². The van der Waals surface area contributed by atoms with Crippen molar-refractivity contribution in [2.75, 3.05) is 0 Å². The molecule has 4 aromatic heterocycles. The molecule has 0 saturated heterocycles. The van der Waals surface area contributed by atoms with E-state index in [0.29, 0.717) is 37.0 Å². The van der Waals surface area contributed by atoms with Gasteiger partial charge >= 0.3 is 0 Å². The molecule has 0 bridgehead atoms. The van der Waals surface area contributed by atoms with Gasteiger partial charge < -0.3 is 25.2 Å². The molecule has 348 valence electrons. The van der Waals surface area contributed by atoms with Crippen LogP contribution in [0, 0.1) is 37.3 Å². The fourth-order valence-electron chi connectivity index (χ4n) is 7.97. The number of nitrogens with two attached hydrogens (primary N) is 1. The van der Waals surface area contributed by atoms with E-state index in [1.54, 1.807) is 69.9 Å². The second-order valence-electron chi connectivity index (χ2n) is 16.8. The number of amides is 2. The number of pyridine rings is 2. The van der Waals surface area contributed by atoms with Crippen LogP contribution < -0.4 is 21.1 Å². The molecule has 2 atom stereocenters. The Bertz CT molecular complexity index is 2810. The number of nitrogens with one attached hydrogen (secondary N) is 3. The van der Waals surface area contributed by atoms with E-state index in [4.69, 9.17) is 16.4 Å². The quantitative estimate of drug-likeness (QED) is 0.1000. The van der Waals surface area contributed by atoms with Gasteiger partial charge in [0.2, 0.25) is 21.8 Å². The van der Waals surface area contributed by atoms with E-state index in [1.807, 2.05) is 27.7 Å². The third-order valence-electron chi connectivity index (χ3n) is 11.7. The summed E-state index contributed by atoms with van der Waals surface area (Å²) in [6.07, 6.45) is 12.5. The number of carbonyl (C=O) groups is 2. The molecule has 0 spiro atoms. The molecule has 14 nitrogen and oxygen atoms in total. The highest BCUT2D eigenvalue weighted by molar-refractivity contribution is 8.13. The Balaban J connectivity index is 0.000000179. The third kappa shape index (κ3) is 13.6. The Morgan fingerprint density at radius 2 is 1.03 bits per heavy atom. The molecule has 65 heavy (non-hydrogen) atoms. The number of aromatic nitrogens is 4. The summed E-state index contributed by atoms with van der Waals surface area (Å²) in [5, 5.41) is 5.98. The maximum Gasteiger partial charge on any atom is 0.262 e. The number of carbonyl (C=O) groups excluding carboxylic acids is 2. The molecule has 2 fully saturated rings. The first-order chi connectivity index (χ1) is 30.7. The molecule has 4 heterocycles. The second-order valence-corrected chi connectivity index (χ2v) is 21.1. The highest BCUT2D eigenvalue weighted by Crippen LogP contribution is 2.28. The van der Waals surface area contributed by atoms with E-state index < -0.39 is 19.1 Å². The van der Waals surface area contributed by atoms with Crippen LogP contribution in [0.5, 0.6) is 0 Å². The lowest BCUT2D eigenvalue weighted by molar-refractivity contribution is -0.127. The number of aryl methyl sites for hydroxylation is 2. The minimum Gasteiger partial charge on any atom is -0.349 e. The van der Waals surface area contributed by atoms with Crippen molar-refractivity contribution in [3.05, 3.63) is 132 Å². The molecule has 0 aliphatic heterocycles. The Kier molecular flexibility index (Phi) is 16.2. The summed E-state index contributed by atoms with van der Waals surface area (Å²) in [5.74, 6) is -0.629. The van der Waals surface area contributed by atoms with Crippen LogP contribution in [-0.4, -0.2) is 59.5 Å². The highest BCUT2D eigenvalue weighted by atomic mass is 35.7. The van der Waals surface area contributed by atoms with Gasteiger partial charge in [-0.05, 0) is 139 Å². The number of imidazole rings is 2. The minimum atomic E-state index is -3.67. The lowest BCUT2D eigenvalue weighted by atomic mass is 9.85. The Morgan fingerprint density at radius 1 is 0.631 bits per heavy atom. The second kappa shape index (κ2) is 21.4. The van der Waals surface area contributed by atoms with Crippen LogP contribution in [0.1, 0.15) is 99.8 Å². The van der Waals surface area contributed by atoms with E-state index in [9.17, 15) is 35.2 Å². The zero-order chi connectivity index (χ0) is 47.1. The maximum absolute atomic E-state index is 13.1. The molecule has 2 aromatic carbocycles. The first kappa shape index (κ1) is 49.2. The zero-order valence-electron chi connectivity index (χ0n) is 36.6. The van der Waals surface area contributed by atoms with E-state index in [2.05, 4.69) is 25.3 Å². The zero-order valence-corrected chi connectivity index (χ0v) is 39.0. The summed E-state index contributed by atoms with van der Waals surface area (Å²) in [4.78, 5) is 33.5. The standard InChI is InChI=1S/C23H27FN4O3S.C15H21FN2O.C8H7ClN2O2S/c1-15-13-28-14-21(11-12-22(28)25-15)32(30,31)27-20-9-5-18(6-10-20)23(29)26-16(2)17-3-7-19(24)8-4-17;1-10(11-2-6-13(16)7-3-11)18-15(19)12-4-8-14(17)9-5-12;1-6-4-11-5-7(14(9,12)13)2-3-8(11)10-6/h3-4,7-8,11-14,16,18,20,27H,5-6,9-10H2,1-2H3,(H,26,29);2-3,6-7,10,12,14H,4-5,8-9,17H2,1H3,(H,18,19);2-5H,1H3/t16-,18?,20?;10-,12?,14?;/m11./s1. The first-order valence-electron chi connectivity index (χ1n) is 21.5. The SMILES string of the molecule is C[C@@H](NC(=O)C1CCC(N)CC1)c1ccc(F)cc1.Cc1cn2cc(S(=O)(=O)Cl)ccc2n1.Cc1cn2cc(S(=O)(=O)NC3CCC(C(=O)N[C@H](C)c4ccc(F)cc4)CC3)ccc2n1. The Labute approximate surface area is 382 Å². The van der Waals surface area contributed by atoms with E-state index in [0.717, 1.165) is 48.2 Å². The average molecular weight is 954 g/mol. The van der Waals surface area contributed by atoms with E-state index in [-0.39, 0.29) is 69.2 Å². The predicted octanol–water partition coefficient (Wildman–Crippen LogP) is 7.59. The van der Waals surface area contributed by atoms with E-state index >= 15 is 0 Å². The Morgan fingerprint density at radius 3 is 1.46 bits per heavy atom. The van der Waals surface area contributed by atoms with Crippen LogP contribution in [-0.2, 0) is 28.7 Å². The summed E-state index contributed by atoms with van der Waals surface area (Å²) in [7, 11) is -2.13. The summed E-state index contributed by atoms with van der Waals surface area (Å²) < 4.78 is 79.8. The number of hydrogen-bond donors (Lipinski definition) is 4. The van der Waals surface area contributed by atoms with Gasteiger partial charge in [-0.3, -0.25) is 9.59 Å². The van der Waals surface area contributed by atoms with Crippen LogP contribution in [0.2, 0.25) is 0 Å². The number of halogens is 3. The lowest BCUT2D eigenvalue weighted by Gasteiger charge is -2.29. The van der Waals surface area contributed by atoms with Crippen LogP contribution >= 0.6 is 10.7 Å². The number of rotatable bonds is 10. The lowest BCUT2D eigenvalue weighted by Crippen LogP contribution is -2.41. The number of fused-ring (bicyclic) bond motifs is 2. The van der Waals surface area contributed by atoms with Gasteiger partial charge in [0.05, 0.1) is 33.3 Å². The normalized spacial score (nSPS) is 19.8. The Hall–Kier alpha value is -5.27. The van der Waals surface area contributed by atoms with Crippen LogP contribution in [0.4, 0.5) is 8.78 Å². The van der Waals surface area contributed by atoms with Gasteiger partial charge in [0.25, 0.3) is 9.05 Å². The maximum atomic E-state index is 13.1. The van der Waals surface area contributed by atoms with Gasteiger partial charge in [0, 0.05) is 59.4 Å². The number of hydrogen-bond acceptors (Lipinski definition) is 9. The molecule has 6 aromatic rings. The van der Waals surface area contributed by atoms with Gasteiger partial charge in [-0.15, -0.1) is 0 Å². The van der Waals surface area contributed by atoms with Crippen molar-refractivity contribution in [2.24, 2.45) is 17.6 Å². The van der Waals surface area contributed by atoms with Gasteiger partial charge in [0.1, 0.15) is 22.9 Å². The van der Waals surface area contributed by atoms with Crippen molar-refractivity contribution in [1.82, 2.24) is 34.1 Å². The first-order valence-corrected chi connectivity index (χ1v) is 25.3.